The molecule has 1 heterocycles. The summed E-state index contributed by atoms with van der Waals surface area (Å²) in [7, 11) is 0. The Morgan fingerprint density at radius 2 is 2.35 bits per heavy atom. The minimum atomic E-state index is 0.00812. The summed E-state index contributed by atoms with van der Waals surface area (Å²) >= 11 is 1.55. The number of rotatable bonds is 6. The quantitative estimate of drug-likeness (QED) is 0.795. The lowest BCUT2D eigenvalue weighted by atomic mass is 10.1. The second-order valence-electron chi connectivity index (χ2n) is 4.19. The summed E-state index contributed by atoms with van der Waals surface area (Å²) < 4.78 is 0. The molecule has 0 aliphatic rings. The van der Waals surface area contributed by atoms with Gasteiger partial charge in [0, 0.05) is 29.6 Å². The van der Waals surface area contributed by atoms with Gasteiger partial charge in [-0.3, -0.25) is 4.79 Å². The second kappa shape index (κ2) is 6.86. The van der Waals surface area contributed by atoms with Crippen LogP contribution in [0.25, 0.3) is 11.3 Å². The normalized spacial score (nSPS) is 10.1. The van der Waals surface area contributed by atoms with Gasteiger partial charge in [-0.25, -0.2) is 4.98 Å². The van der Waals surface area contributed by atoms with Crippen LogP contribution in [0.2, 0.25) is 0 Å². The summed E-state index contributed by atoms with van der Waals surface area (Å²) in [6, 6.07) is 7.70. The summed E-state index contributed by atoms with van der Waals surface area (Å²) in [5.41, 5.74) is 2.68. The monoisotopic (exact) mass is 287 g/mol. The fraction of sp³-hybridized carbons (Fsp3) is 0.200. The first kappa shape index (κ1) is 14.3. The molecule has 1 amide bonds. The van der Waals surface area contributed by atoms with Gasteiger partial charge in [-0.15, -0.1) is 17.9 Å². The Morgan fingerprint density at radius 3 is 3.10 bits per heavy atom. The van der Waals surface area contributed by atoms with Gasteiger partial charge in [-0.05, 0) is 12.1 Å². The highest BCUT2D eigenvalue weighted by molar-refractivity contribution is 7.14. The fourth-order valence-electron chi connectivity index (χ4n) is 1.65. The largest absolute Gasteiger partial charge is 0.358 e. The van der Waals surface area contributed by atoms with Crippen LogP contribution in [-0.2, 0) is 4.79 Å². The van der Waals surface area contributed by atoms with Gasteiger partial charge in [0.2, 0.25) is 5.91 Å². The van der Waals surface area contributed by atoms with Crippen LogP contribution in [0.4, 0.5) is 10.8 Å². The first-order valence-corrected chi connectivity index (χ1v) is 7.31. The summed E-state index contributed by atoms with van der Waals surface area (Å²) in [5.74, 6) is 0.00812. The maximum atomic E-state index is 11.4. The highest BCUT2D eigenvalue weighted by Gasteiger charge is 2.06. The lowest BCUT2D eigenvalue weighted by Crippen LogP contribution is -2.09. The van der Waals surface area contributed by atoms with Crippen molar-refractivity contribution in [2.75, 3.05) is 17.2 Å². The number of amides is 1. The van der Waals surface area contributed by atoms with Crippen LogP contribution in [-0.4, -0.2) is 17.4 Å². The maximum absolute atomic E-state index is 11.4. The van der Waals surface area contributed by atoms with Crippen LogP contribution in [0.5, 0.6) is 0 Å². The third-order valence-electron chi connectivity index (χ3n) is 2.67. The number of anilines is 2. The van der Waals surface area contributed by atoms with Crippen molar-refractivity contribution in [3.05, 3.63) is 42.3 Å². The number of nitrogens with zero attached hydrogens (tertiary/aromatic N) is 1. The van der Waals surface area contributed by atoms with Crippen molar-refractivity contribution in [2.24, 2.45) is 0 Å². The number of carbonyl (C=O) groups is 1. The highest BCUT2D eigenvalue weighted by atomic mass is 32.1. The van der Waals surface area contributed by atoms with E-state index in [-0.39, 0.29) is 5.91 Å². The SMILES string of the molecule is C=CCNc1nc(-c2cccc(NC(=O)CC)c2)cs1. The molecule has 2 rings (SSSR count). The first-order chi connectivity index (χ1) is 9.72. The van der Waals surface area contributed by atoms with Crippen LogP contribution < -0.4 is 10.6 Å². The zero-order chi connectivity index (χ0) is 14.4. The van der Waals surface area contributed by atoms with Crippen molar-refractivity contribution in [1.82, 2.24) is 4.98 Å². The Hall–Kier alpha value is -2.14. The molecule has 4 nitrogen and oxygen atoms in total. The van der Waals surface area contributed by atoms with Gasteiger partial charge >= 0.3 is 0 Å². The minimum Gasteiger partial charge on any atom is -0.358 e. The summed E-state index contributed by atoms with van der Waals surface area (Å²) in [4.78, 5) is 15.9. The van der Waals surface area contributed by atoms with Crippen LogP contribution in [0.3, 0.4) is 0 Å². The van der Waals surface area contributed by atoms with Gasteiger partial charge in [-0.1, -0.05) is 25.1 Å². The lowest BCUT2D eigenvalue weighted by molar-refractivity contribution is -0.115. The molecule has 20 heavy (non-hydrogen) atoms. The number of thiazole rings is 1. The fourth-order valence-corrected chi connectivity index (χ4v) is 2.38. The van der Waals surface area contributed by atoms with Gasteiger partial charge in [0.25, 0.3) is 0 Å². The van der Waals surface area contributed by atoms with Crippen molar-refractivity contribution in [2.45, 2.75) is 13.3 Å². The Kier molecular flexibility index (Phi) is 4.90. The summed E-state index contributed by atoms with van der Waals surface area (Å²) in [6.07, 6.45) is 2.26. The Balaban J connectivity index is 2.15. The molecule has 5 heteroatoms. The van der Waals surface area contributed by atoms with E-state index in [1.165, 1.54) is 0 Å². The topological polar surface area (TPSA) is 54.0 Å². The molecule has 1 aromatic carbocycles. The molecular weight excluding hydrogens is 270 g/mol. The van der Waals surface area contributed by atoms with E-state index in [0.29, 0.717) is 13.0 Å². The van der Waals surface area contributed by atoms with E-state index in [4.69, 9.17) is 0 Å². The molecule has 0 atom stereocenters. The number of benzene rings is 1. The van der Waals surface area contributed by atoms with Crippen LogP contribution >= 0.6 is 11.3 Å². The molecule has 2 aromatic rings. The number of nitrogens with one attached hydrogen (secondary N) is 2. The molecule has 104 valence electrons. The van der Waals surface area contributed by atoms with Gasteiger partial charge in [0.15, 0.2) is 5.13 Å². The lowest BCUT2D eigenvalue weighted by Gasteiger charge is -2.05. The van der Waals surface area contributed by atoms with E-state index in [1.807, 2.05) is 36.6 Å². The number of carbonyl (C=O) groups excluding carboxylic acids is 1. The Bertz CT molecular complexity index is 607. The highest BCUT2D eigenvalue weighted by Crippen LogP contribution is 2.26. The van der Waals surface area contributed by atoms with Gasteiger partial charge in [0.05, 0.1) is 5.69 Å². The van der Waals surface area contributed by atoms with Crippen molar-refractivity contribution < 1.29 is 4.79 Å². The van der Waals surface area contributed by atoms with Crippen LogP contribution in [0.15, 0.2) is 42.3 Å². The zero-order valence-electron chi connectivity index (χ0n) is 11.3. The molecule has 0 unspecified atom stereocenters. The smallest absolute Gasteiger partial charge is 0.224 e. The standard InChI is InChI=1S/C15H17N3OS/c1-3-8-16-15-18-13(10-20-15)11-6-5-7-12(9-11)17-14(19)4-2/h3,5-7,9-10H,1,4,8H2,2H3,(H,16,18)(H,17,19). The first-order valence-electron chi connectivity index (χ1n) is 6.43. The minimum absolute atomic E-state index is 0.00812. The van der Waals surface area contributed by atoms with Crippen LogP contribution in [0.1, 0.15) is 13.3 Å². The third kappa shape index (κ3) is 3.68. The molecule has 0 saturated carbocycles. The van der Waals surface area contributed by atoms with E-state index in [1.54, 1.807) is 17.4 Å². The Morgan fingerprint density at radius 1 is 1.50 bits per heavy atom. The van der Waals surface area contributed by atoms with Gasteiger partial charge in [-0.2, -0.15) is 0 Å². The van der Waals surface area contributed by atoms with Crippen LogP contribution in [0, 0.1) is 0 Å². The number of aromatic nitrogens is 1. The molecular formula is C15H17N3OS. The van der Waals surface area contributed by atoms with Crippen molar-refractivity contribution in [3.8, 4) is 11.3 Å². The third-order valence-corrected chi connectivity index (χ3v) is 3.47. The Labute approximate surface area is 122 Å². The predicted molar refractivity (Wildman–Crippen MR) is 85.2 cm³/mol. The van der Waals surface area contributed by atoms with Gasteiger partial charge < -0.3 is 10.6 Å². The molecule has 0 radical (unpaired) electrons. The average molecular weight is 287 g/mol. The van der Waals surface area contributed by atoms with E-state index in [2.05, 4.69) is 22.2 Å². The number of hydrogen-bond acceptors (Lipinski definition) is 4. The van der Waals surface area contributed by atoms with Gasteiger partial charge in [0.1, 0.15) is 0 Å². The maximum Gasteiger partial charge on any atom is 0.224 e. The molecule has 0 saturated heterocycles. The zero-order valence-corrected chi connectivity index (χ0v) is 12.2. The molecule has 1 aromatic heterocycles. The van der Waals surface area contributed by atoms with Crippen molar-refractivity contribution >= 4 is 28.1 Å². The molecule has 0 aliphatic heterocycles. The van der Waals surface area contributed by atoms with Crippen molar-refractivity contribution in [3.63, 3.8) is 0 Å². The molecule has 0 fully saturated rings. The van der Waals surface area contributed by atoms with E-state index < -0.39 is 0 Å². The second-order valence-corrected chi connectivity index (χ2v) is 5.05. The molecule has 0 bridgehead atoms. The predicted octanol–water partition coefficient (Wildman–Crippen LogP) is 3.76. The van der Waals surface area contributed by atoms with E-state index >= 15 is 0 Å². The molecule has 2 N–H and O–H groups in total. The summed E-state index contributed by atoms with van der Waals surface area (Å²) in [6.45, 7) is 6.19. The molecule has 0 spiro atoms. The van der Waals surface area contributed by atoms with E-state index in [0.717, 1.165) is 22.1 Å². The summed E-state index contributed by atoms with van der Waals surface area (Å²) in [5, 5.41) is 8.87. The van der Waals surface area contributed by atoms with E-state index in [9.17, 15) is 4.79 Å². The average Bonchev–Trinajstić information content (AvgIpc) is 2.94. The molecule has 0 aliphatic carbocycles. The number of hydrogen-bond donors (Lipinski definition) is 2. The van der Waals surface area contributed by atoms with Crippen molar-refractivity contribution in [1.29, 1.82) is 0 Å².